The number of carboxylic acids is 1. The average Bonchev–Trinajstić information content (AvgIpc) is 2.29. The maximum atomic E-state index is 12.3. The van der Waals surface area contributed by atoms with E-state index in [0.717, 1.165) is 10.5 Å². The summed E-state index contributed by atoms with van der Waals surface area (Å²) in [5.41, 5.74) is 1.14. The zero-order chi connectivity index (χ0) is 15.3. The molecule has 0 saturated carbocycles. The van der Waals surface area contributed by atoms with Crippen molar-refractivity contribution in [2.45, 2.75) is 25.9 Å². The number of hydrogen-bond donors (Lipinski definition) is 1. The molecule has 0 bridgehead atoms. The Bertz CT molecular complexity index is 483. The van der Waals surface area contributed by atoms with Crippen LogP contribution in [0.5, 0.6) is 0 Å². The molecule has 0 aliphatic heterocycles. The van der Waals surface area contributed by atoms with Crippen LogP contribution in [0.25, 0.3) is 0 Å². The van der Waals surface area contributed by atoms with Gasteiger partial charge in [0.1, 0.15) is 6.42 Å². The molecule has 0 aliphatic rings. The second-order valence-electron chi connectivity index (χ2n) is 4.32. The lowest BCUT2D eigenvalue weighted by molar-refractivity contribution is -0.151. The van der Waals surface area contributed by atoms with Gasteiger partial charge in [-0.05, 0) is 19.1 Å². The van der Waals surface area contributed by atoms with Crippen LogP contribution >= 0.6 is 0 Å². The molecule has 0 heterocycles. The average molecular weight is 289 g/mol. The lowest BCUT2D eigenvalue weighted by Crippen LogP contribution is -2.35. The molecule has 1 amide bonds. The zero-order valence-corrected chi connectivity index (χ0v) is 10.8. The molecule has 4 nitrogen and oxygen atoms in total. The topological polar surface area (TPSA) is 57.6 Å². The van der Waals surface area contributed by atoms with Crippen LogP contribution < -0.4 is 4.90 Å². The monoisotopic (exact) mass is 289 g/mol. The summed E-state index contributed by atoms with van der Waals surface area (Å²) >= 11 is 0. The largest absolute Gasteiger partial charge is 0.481 e. The highest BCUT2D eigenvalue weighted by atomic mass is 19.4. The summed E-state index contributed by atoms with van der Waals surface area (Å²) in [7, 11) is 0. The Morgan fingerprint density at radius 3 is 2.20 bits per heavy atom. The highest BCUT2D eigenvalue weighted by Crippen LogP contribution is 2.24. The zero-order valence-electron chi connectivity index (χ0n) is 10.8. The van der Waals surface area contributed by atoms with E-state index in [9.17, 15) is 22.8 Å². The fourth-order valence-corrected chi connectivity index (χ4v) is 1.60. The Morgan fingerprint density at radius 2 is 1.75 bits per heavy atom. The van der Waals surface area contributed by atoms with Crippen molar-refractivity contribution in [3.8, 4) is 0 Å². The van der Waals surface area contributed by atoms with Gasteiger partial charge in [-0.15, -0.1) is 0 Å². The highest BCUT2D eigenvalue weighted by molar-refractivity contribution is 5.94. The number of aryl methyl sites for hydroxylation is 1. The molecule has 1 rings (SSSR count). The van der Waals surface area contributed by atoms with Crippen LogP contribution in [0.1, 0.15) is 18.4 Å². The van der Waals surface area contributed by atoms with Crippen LogP contribution in [-0.2, 0) is 9.59 Å². The summed E-state index contributed by atoms with van der Waals surface area (Å²) < 4.78 is 36.8. The first-order valence-electron chi connectivity index (χ1n) is 5.84. The summed E-state index contributed by atoms with van der Waals surface area (Å²) in [5.74, 6) is -2.34. The number of amides is 1. The summed E-state index contributed by atoms with van der Waals surface area (Å²) in [6, 6.07) is 6.27. The van der Waals surface area contributed by atoms with Crippen molar-refractivity contribution >= 4 is 17.6 Å². The smallest absolute Gasteiger partial charge is 0.397 e. The number of carboxylic acid groups (broad SMARTS) is 1. The van der Waals surface area contributed by atoms with Gasteiger partial charge in [0.25, 0.3) is 0 Å². The number of benzene rings is 1. The Morgan fingerprint density at radius 1 is 1.20 bits per heavy atom. The molecule has 7 heteroatoms. The number of carbonyl (C=O) groups is 2. The van der Waals surface area contributed by atoms with E-state index in [1.54, 1.807) is 19.1 Å². The number of hydrogen-bond acceptors (Lipinski definition) is 2. The fourth-order valence-electron chi connectivity index (χ4n) is 1.60. The molecule has 0 saturated heterocycles. The molecule has 0 radical (unpaired) electrons. The molecule has 1 N–H and O–H groups in total. The van der Waals surface area contributed by atoms with E-state index in [1.165, 1.54) is 12.1 Å². The molecule has 1 aromatic rings. The third-order valence-corrected chi connectivity index (χ3v) is 2.55. The first-order chi connectivity index (χ1) is 9.19. The van der Waals surface area contributed by atoms with Gasteiger partial charge < -0.3 is 10.0 Å². The predicted molar refractivity (Wildman–Crippen MR) is 66.5 cm³/mol. The Labute approximate surface area is 113 Å². The third-order valence-electron chi connectivity index (χ3n) is 2.55. The van der Waals surface area contributed by atoms with Crippen LogP contribution in [0.2, 0.25) is 0 Å². The molecule has 0 atom stereocenters. The van der Waals surface area contributed by atoms with Gasteiger partial charge in [-0.2, -0.15) is 13.2 Å². The van der Waals surface area contributed by atoms with Gasteiger partial charge in [-0.25, -0.2) is 0 Å². The maximum Gasteiger partial charge on any atom is 0.397 e. The summed E-state index contributed by atoms with van der Waals surface area (Å²) in [4.78, 5) is 23.1. The minimum absolute atomic E-state index is 0.256. The van der Waals surface area contributed by atoms with Gasteiger partial charge in [-0.3, -0.25) is 9.59 Å². The van der Waals surface area contributed by atoms with Gasteiger partial charge in [0.15, 0.2) is 0 Å². The van der Waals surface area contributed by atoms with E-state index in [2.05, 4.69) is 0 Å². The number of halogens is 3. The number of anilines is 1. The number of nitrogens with zero attached hydrogens (tertiary/aromatic N) is 1. The Kier molecular flexibility index (Phi) is 5.12. The van der Waals surface area contributed by atoms with Gasteiger partial charge >= 0.3 is 12.1 Å². The van der Waals surface area contributed by atoms with Crippen LogP contribution in [0.15, 0.2) is 24.3 Å². The van der Waals surface area contributed by atoms with Crippen molar-refractivity contribution in [1.82, 2.24) is 0 Å². The molecular formula is C13H14F3NO3. The van der Waals surface area contributed by atoms with E-state index in [0.29, 0.717) is 0 Å². The fraction of sp³-hybridized carbons (Fsp3) is 0.385. The number of carbonyl (C=O) groups excluding carboxylic acids is 1. The first kappa shape index (κ1) is 16.0. The molecule has 0 aromatic heterocycles. The van der Waals surface area contributed by atoms with Crippen LogP contribution in [-0.4, -0.2) is 29.7 Å². The quantitative estimate of drug-likeness (QED) is 0.906. The van der Waals surface area contributed by atoms with Crippen molar-refractivity contribution in [2.24, 2.45) is 0 Å². The first-order valence-corrected chi connectivity index (χ1v) is 5.84. The standard InChI is InChI=1S/C13H14F3NO3/c1-9-2-4-10(5-3-9)17(7-6-12(19)20)11(18)8-13(14,15)16/h2-5H,6-8H2,1H3,(H,19,20). The van der Waals surface area contributed by atoms with E-state index in [-0.39, 0.29) is 12.2 Å². The van der Waals surface area contributed by atoms with Crippen LogP contribution in [0.3, 0.4) is 0 Å². The molecule has 20 heavy (non-hydrogen) atoms. The van der Waals surface area contributed by atoms with Gasteiger partial charge in [-0.1, -0.05) is 17.7 Å². The Balaban J connectivity index is 2.92. The summed E-state index contributed by atoms with van der Waals surface area (Å²) in [5, 5.41) is 8.61. The predicted octanol–water partition coefficient (Wildman–Crippen LogP) is 2.76. The van der Waals surface area contributed by atoms with Gasteiger partial charge in [0, 0.05) is 12.2 Å². The van der Waals surface area contributed by atoms with E-state index in [1.807, 2.05) is 0 Å². The number of rotatable bonds is 5. The van der Waals surface area contributed by atoms with E-state index >= 15 is 0 Å². The third kappa shape index (κ3) is 5.29. The minimum atomic E-state index is -4.62. The van der Waals surface area contributed by atoms with Crippen molar-refractivity contribution in [3.63, 3.8) is 0 Å². The van der Waals surface area contributed by atoms with Crippen LogP contribution in [0, 0.1) is 6.92 Å². The molecular weight excluding hydrogens is 275 g/mol. The lowest BCUT2D eigenvalue weighted by atomic mass is 10.2. The van der Waals surface area contributed by atoms with Crippen LogP contribution in [0.4, 0.5) is 18.9 Å². The maximum absolute atomic E-state index is 12.3. The molecule has 0 spiro atoms. The molecule has 0 unspecified atom stereocenters. The second-order valence-corrected chi connectivity index (χ2v) is 4.32. The van der Waals surface area contributed by atoms with Gasteiger partial charge in [0.05, 0.1) is 6.42 Å². The molecule has 0 aliphatic carbocycles. The normalized spacial score (nSPS) is 11.2. The molecule has 0 fully saturated rings. The number of aliphatic carboxylic acids is 1. The second kappa shape index (κ2) is 6.40. The summed E-state index contributed by atoms with van der Waals surface area (Å²) in [6.45, 7) is 1.50. The highest BCUT2D eigenvalue weighted by Gasteiger charge is 2.34. The molecule has 110 valence electrons. The lowest BCUT2D eigenvalue weighted by Gasteiger charge is -2.23. The van der Waals surface area contributed by atoms with Crippen molar-refractivity contribution < 1.29 is 27.9 Å². The SMILES string of the molecule is Cc1ccc(N(CCC(=O)O)C(=O)CC(F)(F)F)cc1. The van der Waals surface area contributed by atoms with Crippen molar-refractivity contribution in [1.29, 1.82) is 0 Å². The van der Waals surface area contributed by atoms with E-state index in [4.69, 9.17) is 5.11 Å². The number of alkyl halides is 3. The summed E-state index contributed by atoms with van der Waals surface area (Å²) in [6.07, 6.45) is -6.65. The molecule has 1 aromatic carbocycles. The minimum Gasteiger partial charge on any atom is -0.481 e. The Hall–Kier alpha value is -2.05. The van der Waals surface area contributed by atoms with Crippen molar-refractivity contribution in [3.05, 3.63) is 29.8 Å². The van der Waals surface area contributed by atoms with Crippen molar-refractivity contribution in [2.75, 3.05) is 11.4 Å². The van der Waals surface area contributed by atoms with Gasteiger partial charge in [0.2, 0.25) is 5.91 Å². The van der Waals surface area contributed by atoms with E-state index < -0.39 is 30.9 Å².